The smallest absolute Gasteiger partial charge is 0.417 e. The lowest BCUT2D eigenvalue weighted by molar-refractivity contribution is -0.136. The average molecular weight is 322 g/mol. The van der Waals surface area contributed by atoms with Gasteiger partial charge in [0.15, 0.2) is 0 Å². The van der Waals surface area contributed by atoms with Gasteiger partial charge in [0.1, 0.15) is 5.69 Å². The van der Waals surface area contributed by atoms with Crippen LogP contribution in [-0.4, -0.2) is 18.1 Å². The van der Waals surface area contributed by atoms with Crippen LogP contribution in [0.5, 0.6) is 0 Å². The highest BCUT2D eigenvalue weighted by atomic mass is 79.9. The van der Waals surface area contributed by atoms with Crippen molar-refractivity contribution >= 4 is 32.8 Å². The van der Waals surface area contributed by atoms with Crippen molar-refractivity contribution in [2.75, 3.05) is 7.11 Å². The third-order valence-electron chi connectivity index (χ3n) is 2.41. The number of methoxy groups -OCH3 is 1. The van der Waals surface area contributed by atoms with Crippen LogP contribution >= 0.6 is 15.9 Å². The number of esters is 1. The second-order valence-corrected chi connectivity index (χ2v) is 4.50. The maximum Gasteiger partial charge on any atom is 0.417 e. The van der Waals surface area contributed by atoms with E-state index in [-0.39, 0.29) is 21.1 Å². The summed E-state index contributed by atoms with van der Waals surface area (Å²) in [6.07, 6.45) is -4.49. The number of aromatic nitrogens is 1. The molecule has 7 heteroatoms. The number of benzene rings is 1. The first-order valence-corrected chi connectivity index (χ1v) is 5.60. The molecular formula is C11H7BrF3NO2. The van der Waals surface area contributed by atoms with Gasteiger partial charge in [-0.05, 0) is 18.2 Å². The largest absolute Gasteiger partial charge is 0.464 e. The first-order chi connectivity index (χ1) is 8.32. The summed E-state index contributed by atoms with van der Waals surface area (Å²) in [5.41, 5.74) is -0.605. The van der Waals surface area contributed by atoms with Gasteiger partial charge in [-0.3, -0.25) is 0 Å². The highest BCUT2D eigenvalue weighted by molar-refractivity contribution is 9.10. The zero-order valence-corrected chi connectivity index (χ0v) is 10.6. The minimum Gasteiger partial charge on any atom is -0.464 e. The molecule has 1 heterocycles. The Kier molecular flexibility index (Phi) is 3.10. The summed E-state index contributed by atoms with van der Waals surface area (Å²) >= 11 is 3.00. The van der Waals surface area contributed by atoms with Gasteiger partial charge in [-0.15, -0.1) is 0 Å². The fourth-order valence-corrected chi connectivity index (χ4v) is 2.11. The van der Waals surface area contributed by atoms with Crippen molar-refractivity contribution in [1.29, 1.82) is 0 Å². The van der Waals surface area contributed by atoms with E-state index < -0.39 is 17.7 Å². The van der Waals surface area contributed by atoms with Crippen LogP contribution < -0.4 is 0 Å². The summed E-state index contributed by atoms with van der Waals surface area (Å²) in [4.78, 5) is 13.9. The molecule has 1 aromatic carbocycles. The average Bonchev–Trinajstić information content (AvgIpc) is 2.68. The maximum absolute atomic E-state index is 12.8. The standard InChI is InChI=1S/C11H7BrF3NO2/c1-18-10(17)9-4-6-7(11(13,14)15)2-5(12)3-8(6)16-9/h2-4,16H,1H3. The minimum absolute atomic E-state index is 0.0175. The van der Waals surface area contributed by atoms with E-state index in [1.807, 2.05) is 0 Å². The van der Waals surface area contributed by atoms with E-state index in [1.165, 1.54) is 6.07 Å². The van der Waals surface area contributed by atoms with Crippen LogP contribution in [0, 0.1) is 0 Å². The van der Waals surface area contributed by atoms with Crippen molar-refractivity contribution in [3.8, 4) is 0 Å². The molecule has 0 fully saturated rings. The van der Waals surface area contributed by atoms with Crippen molar-refractivity contribution in [2.24, 2.45) is 0 Å². The molecule has 18 heavy (non-hydrogen) atoms. The summed E-state index contributed by atoms with van der Waals surface area (Å²) in [5, 5.41) is -0.0638. The Balaban J connectivity index is 2.72. The number of rotatable bonds is 1. The molecule has 1 N–H and O–H groups in total. The van der Waals surface area contributed by atoms with Crippen molar-refractivity contribution in [2.45, 2.75) is 6.18 Å². The number of hydrogen-bond donors (Lipinski definition) is 1. The first kappa shape index (κ1) is 12.9. The Labute approximate surface area is 108 Å². The van der Waals surface area contributed by atoms with E-state index in [9.17, 15) is 18.0 Å². The summed E-state index contributed by atoms with van der Waals surface area (Å²) in [6, 6.07) is 3.57. The minimum atomic E-state index is -4.49. The summed E-state index contributed by atoms with van der Waals surface area (Å²) < 4.78 is 43.3. The molecule has 0 unspecified atom stereocenters. The molecule has 0 spiro atoms. The molecule has 0 saturated heterocycles. The van der Waals surface area contributed by atoms with Crippen LogP contribution in [0.1, 0.15) is 16.1 Å². The quantitative estimate of drug-likeness (QED) is 0.813. The number of alkyl halides is 3. The molecule has 0 radical (unpaired) electrons. The van der Waals surface area contributed by atoms with Gasteiger partial charge in [0, 0.05) is 15.4 Å². The van der Waals surface area contributed by atoms with Gasteiger partial charge in [-0.1, -0.05) is 15.9 Å². The molecule has 0 atom stereocenters. The van der Waals surface area contributed by atoms with Gasteiger partial charge in [-0.2, -0.15) is 13.2 Å². The fourth-order valence-electron chi connectivity index (χ4n) is 1.66. The molecule has 96 valence electrons. The fraction of sp³-hybridized carbons (Fsp3) is 0.182. The molecule has 0 aliphatic carbocycles. The van der Waals surface area contributed by atoms with Crippen LogP contribution in [-0.2, 0) is 10.9 Å². The van der Waals surface area contributed by atoms with E-state index in [0.29, 0.717) is 0 Å². The third kappa shape index (κ3) is 2.22. The molecule has 2 rings (SSSR count). The summed E-state index contributed by atoms with van der Waals surface area (Å²) in [6.45, 7) is 0. The first-order valence-electron chi connectivity index (χ1n) is 4.80. The molecular weight excluding hydrogens is 315 g/mol. The zero-order chi connectivity index (χ0) is 13.5. The summed E-state index contributed by atoms with van der Waals surface area (Å²) in [5.74, 6) is -0.713. The molecule has 0 saturated carbocycles. The van der Waals surface area contributed by atoms with Crippen molar-refractivity contribution in [1.82, 2.24) is 4.98 Å². The Hall–Kier alpha value is -1.50. The topological polar surface area (TPSA) is 42.1 Å². The number of carbonyl (C=O) groups excluding carboxylic acids is 1. The predicted molar refractivity (Wildman–Crippen MR) is 62.3 cm³/mol. The Morgan fingerprint density at radius 3 is 2.56 bits per heavy atom. The molecule has 0 aliphatic heterocycles. The van der Waals surface area contributed by atoms with E-state index >= 15 is 0 Å². The van der Waals surface area contributed by atoms with Crippen LogP contribution in [0.2, 0.25) is 0 Å². The van der Waals surface area contributed by atoms with Crippen LogP contribution in [0.4, 0.5) is 13.2 Å². The number of nitrogens with one attached hydrogen (secondary N) is 1. The number of fused-ring (bicyclic) bond motifs is 1. The second kappa shape index (κ2) is 4.31. The van der Waals surface area contributed by atoms with Gasteiger partial charge in [0.25, 0.3) is 0 Å². The maximum atomic E-state index is 12.8. The Bertz CT molecular complexity index is 619. The van der Waals surface area contributed by atoms with E-state index in [4.69, 9.17) is 0 Å². The molecule has 3 nitrogen and oxygen atoms in total. The Morgan fingerprint density at radius 2 is 2.00 bits per heavy atom. The summed E-state index contributed by atoms with van der Waals surface area (Å²) in [7, 11) is 1.16. The lowest BCUT2D eigenvalue weighted by Crippen LogP contribution is -2.05. The van der Waals surface area contributed by atoms with Crippen molar-refractivity contribution < 1.29 is 22.7 Å². The van der Waals surface area contributed by atoms with E-state index in [0.717, 1.165) is 19.2 Å². The number of aromatic amines is 1. The van der Waals surface area contributed by atoms with E-state index in [2.05, 4.69) is 25.7 Å². The Morgan fingerprint density at radius 1 is 1.33 bits per heavy atom. The molecule has 2 aromatic rings. The second-order valence-electron chi connectivity index (χ2n) is 3.59. The zero-order valence-electron chi connectivity index (χ0n) is 9.06. The molecule has 1 aromatic heterocycles. The molecule has 0 amide bonds. The van der Waals surface area contributed by atoms with Crippen LogP contribution in [0.3, 0.4) is 0 Å². The van der Waals surface area contributed by atoms with Crippen LogP contribution in [0.25, 0.3) is 10.9 Å². The van der Waals surface area contributed by atoms with Gasteiger partial charge in [0.2, 0.25) is 0 Å². The highest BCUT2D eigenvalue weighted by Gasteiger charge is 2.33. The van der Waals surface area contributed by atoms with Gasteiger partial charge in [-0.25, -0.2) is 4.79 Å². The predicted octanol–water partition coefficient (Wildman–Crippen LogP) is 3.74. The number of hydrogen-bond acceptors (Lipinski definition) is 2. The highest BCUT2D eigenvalue weighted by Crippen LogP contribution is 2.37. The number of ether oxygens (including phenoxy) is 1. The molecule has 0 bridgehead atoms. The van der Waals surface area contributed by atoms with E-state index in [1.54, 1.807) is 0 Å². The lowest BCUT2D eigenvalue weighted by atomic mass is 10.1. The van der Waals surface area contributed by atoms with Gasteiger partial charge >= 0.3 is 12.1 Å². The van der Waals surface area contributed by atoms with Crippen molar-refractivity contribution in [3.63, 3.8) is 0 Å². The number of H-pyrrole nitrogens is 1. The molecule has 0 aliphatic rings. The van der Waals surface area contributed by atoms with Gasteiger partial charge in [0.05, 0.1) is 12.7 Å². The van der Waals surface area contributed by atoms with Crippen LogP contribution in [0.15, 0.2) is 22.7 Å². The van der Waals surface area contributed by atoms with Crippen molar-refractivity contribution in [3.05, 3.63) is 33.9 Å². The SMILES string of the molecule is COC(=O)c1cc2c(C(F)(F)F)cc(Br)cc2[nH]1. The third-order valence-corrected chi connectivity index (χ3v) is 2.87. The normalized spacial score (nSPS) is 11.8. The van der Waals surface area contributed by atoms with Gasteiger partial charge < -0.3 is 9.72 Å². The number of halogens is 4. The lowest BCUT2D eigenvalue weighted by Gasteiger charge is -2.08. The monoisotopic (exact) mass is 321 g/mol. The number of carbonyl (C=O) groups is 1.